The van der Waals surface area contributed by atoms with E-state index in [1.165, 1.54) is 16.9 Å². The first-order chi connectivity index (χ1) is 12.5. The Bertz CT molecular complexity index is 967. The molecule has 3 aromatic rings. The van der Waals surface area contributed by atoms with E-state index >= 15 is 0 Å². The van der Waals surface area contributed by atoms with Crippen LogP contribution in [0.25, 0.3) is 11.3 Å². The zero-order valence-corrected chi connectivity index (χ0v) is 14.1. The van der Waals surface area contributed by atoms with E-state index in [2.05, 4.69) is 15.5 Å². The first kappa shape index (κ1) is 17.4. The van der Waals surface area contributed by atoms with Crippen molar-refractivity contribution in [3.8, 4) is 5.69 Å². The number of benzene rings is 2. The lowest BCUT2D eigenvalue weighted by Gasteiger charge is -2.12. The topological polar surface area (TPSA) is 63.9 Å². The maximum atomic E-state index is 13.5. The summed E-state index contributed by atoms with van der Waals surface area (Å²) in [6.45, 7) is 0. The number of carbonyl (C=O) groups excluding carboxylic acids is 1. The normalized spacial score (nSPS) is 11.5. The quantitative estimate of drug-likeness (QED) is 0.520. The molecule has 6 nitrogen and oxygen atoms in total. The summed E-state index contributed by atoms with van der Waals surface area (Å²) in [5.74, 6) is -2.44. The number of rotatable bonds is 5. The summed E-state index contributed by atoms with van der Waals surface area (Å²) in [4.78, 5) is 14.6. The standard InChI is InChI=1S/C18H15F2N5O/c1-24(2)11-14(17(26)12-8-9-15(19)16(20)10-12)18-21-22-23-25(18)13-6-4-3-5-7-13/h3-11H,1-2H3. The first-order valence-electron chi connectivity index (χ1n) is 7.69. The molecule has 8 heteroatoms. The Morgan fingerprint density at radius 3 is 2.46 bits per heavy atom. The van der Waals surface area contributed by atoms with Gasteiger partial charge in [0.15, 0.2) is 23.2 Å². The molecule has 26 heavy (non-hydrogen) atoms. The molecule has 1 aromatic heterocycles. The molecular weight excluding hydrogens is 340 g/mol. The Morgan fingerprint density at radius 1 is 1.08 bits per heavy atom. The predicted molar refractivity (Wildman–Crippen MR) is 91.5 cm³/mol. The van der Waals surface area contributed by atoms with Gasteiger partial charge in [-0.2, -0.15) is 4.68 Å². The molecule has 2 aromatic carbocycles. The van der Waals surface area contributed by atoms with Crippen molar-refractivity contribution in [3.05, 3.63) is 77.8 Å². The smallest absolute Gasteiger partial charge is 0.198 e. The van der Waals surface area contributed by atoms with E-state index in [9.17, 15) is 13.6 Å². The highest BCUT2D eigenvalue weighted by molar-refractivity contribution is 6.28. The van der Waals surface area contributed by atoms with Crippen molar-refractivity contribution >= 4 is 11.4 Å². The zero-order chi connectivity index (χ0) is 18.7. The summed E-state index contributed by atoms with van der Waals surface area (Å²) < 4.78 is 28.1. The van der Waals surface area contributed by atoms with Gasteiger partial charge >= 0.3 is 0 Å². The summed E-state index contributed by atoms with van der Waals surface area (Å²) in [6, 6.07) is 12.0. The largest absolute Gasteiger partial charge is 0.383 e. The van der Waals surface area contributed by atoms with Crippen LogP contribution in [0.5, 0.6) is 0 Å². The fourth-order valence-corrected chi connectivity index (χ4v) is 2.37. The van der Waals surface area contributed by atoms with Crippen molar-refractivity contribution in [1.82, 2.24) is 25.1 Å². The van der Waals surface area contributed by atoms with E-state index in [1.807, 2.05) is 18.2 Å². The van der Waals surface area contributed by atoms with Crippen LogP contribution in [-0.4, -0.2) is 45.0 Å². The highest BCUT2D eigenvalue weighted by Crippen LogP contribution is 2.21. The lowest BCUT2D eigenvalue weighted by molar-refractivity contribution is 0.105. The van der Waals surface area contributed by atoms with Crippen LogP contribution in [0.2, 0.25) is 0 Å². The van der Waals surface area contributed by atoms with Crippen LogP contribution in [0.1, 0.15) is 16.2 Å². The molecular formula is C18H15F2N5O. The minimum Gasteiger partial charge on any atom is -0.383 e. The summed E-state index contributed by atoms with van der Waals surface area (Å²) >= 11 is 0. The van der Waals surface area contributed by atoms with E-state index in [1.54, 1.807) is 31.1 Å². The van der Waals surface area contributed by atoms with Gasteiger partial charge in [-0.3, -0.25) is 4.79 Å². The van der Waals surface area contributed by atoms with Gasteiger partial charge in [-0.1, -0.05) is 18.2 Å². The molecule has 0 N–H and O–H groups in total. The molecule has 0 aliphatic rings. The molecule has 0 aliphatic heterocycles. The number of Topliss-reactive ketones (excluding diaryl/α,β-unsaturated/α-hetero) is 1. The number of nitrogens with zero attached hydrogens (tertiary/aromatic N) is 5. The Kier molecular flexibility index (Phi) is 4.83. The van der Waals surface area contributed by atoms with E-state index in [4.69, 9.17) is 0 Å². The average molecular weight is 355 g/mol. The minimum absolute atomic E-state index is 0.000360. The van der Waals surface area contributed by atoms with Crippen molar-refractivity contribution in [3.63, 3.8) is 0 Å². The lowest BCUT2D eigenvalue weighted by Crippen LogP contribution is -2.14. The van der Waals surface area contributed by atoms with Crippen LogP contribution in [0.15, 0.2) is 54.7 Å². The maximum Gasteiger partial charge on any atom is 0.198 e. The summed E-state index contributed by atoms with van der Waals surface area (Å²) in [6.07, 6.45) is 1.54. The molecule has 132 valence electrons. The van der Waals surface area contributed by atoms with Crippen LogP contribution in [-0.2, 0) is 0 Å². The molecule has 0 fully saturated rings. The van der Waals surface area contributed by atoms with Gasteiger partial charge in [-0.15, -0.1) is 5.10 Å². The fraction of sp³-hybridized carbons (Fsp3) is 0.111. The number of allylic oxidation sites excluding steroid dienone is 1. The molecule has 0 unspecified atom stereocenters. The number of hydrogen-bond acceptors (Lipinski definition) is 5. The molecule has 0 saturated heterocycles. The summed E-state index contributed by atoms with van der Waals surface area (Å²) in [7, 11) is 3.46. The molecule has 0 atom stereocenters. The molecule has 1 heterocycles. The molecule has 3 rings (SSSR count). The van der Waals surface area contributed by atoms with Crippen LogP contribution in [0.3, 0.4) is 0 Å². The van der Waals surface area contributed by atoms with Crippen molar-refractivity contribution in [2.75, 3.05) is 14.1 Å². The minimum atomic E-state index is -1.09. The van der Waals surface area contributed by atoms with Crippen LogP contribution >= 0.6 is 0 Å². The Balaban J connectivity index is 2.10. The second kappa shape index (κ2) is 7.22. The van der Waals surface area contributed by atoms with Crippen LogP contribution in [0, 0.1) is 11.6 Å². The summed E-state index contributed by atoms with van der Waals surface area (Å²) in [5.41, 5.74) is 0.810. The number of aromatic nitrogens is 4. The van der Waals surface area contributed by atoms with E-state index in [0.29, 0.717) is 5.69 Å². The number of carbonyl (C=O) groups is 1. The van der Waals surface area contributed by atoms with E-state index in [0.717, 1.165) is 12.1 Å². The summed E-state index contributed by atoms with van der Waals surface area (Å²) in [5, 5.41) is 11.5. The Labute approximate surface area is 148 Å². The number of para-hydroxylation sites is 1. The van der Waals surface area contributed by atoms with Gasteiger partial charge in [0, 0.05) is 25.9 Å². The Hall–Kier alpha value is -3.42. The third-order valence-corrected chi connectivity index (χ3v) is 3.52. The molecule has 0 spiro atoms. The van der Waals surface area contributed by atoms with Gasteiger partial charge in [-0.05, 0) is 40.8 Å². The zero-order valence-electron chi connectivity index (χ0n) is 14.1. The highest BCUT2D eigenvalue weighted by Gasteiger charge is 2.23. The number of tetrazole rings is 1. The molecule has 0 amide bonds. The van der Waals surface area contributed by atoms with Gasteiger partial charge in [0.25, 0.3) is 0 Å². The van der Waals surface area contributed by atoms with Gasteiger partial charge in [0.1, 0.15) is 0 Å². The van der Waals surface area contributed by atoms with Crippen molar-refractivity contribution in [1.29, 1.82) is 0 Å². The molecule has 0 radical (unpaired) electrons. The third-order valence-electron chi connectivity index (χ3n) is 3.52. The third kappa shape index (κ3) is 3.49. The molecule has 0 aliphatic carbocycles. The van der Waals surface area contributed by atoms with Crippen molar-refractivity contribution in [2.24, 2.45) is 0 Å². The monoisotopic (exact) mass is 355 g/mol. The van der Waals surface area contributed by atoms with Crippen LogP contribution < -0.4 is 0 Å². The van der Waals surface area contributed by atoms with E-state index < -0.39 is 17.4 Å². The second-order valence-electron chi connectivity index (χ2n) is 5.71. The number of hydrogen-bond donors (Lipinski definition) is 0. The second-order valence-corrected chi connectivity index (χ2v) is 5.71. The highest BCUT2D eigenvalue weighted by atomic mass is 19.2. The lowest BCUT2D eigenvalue weighted by atomic mass is 10.0. The van der Waals surface area contributed by atoms with Gasteiger partial charge in [0.2, 0.25) is 0 Å². The van der Waals surface area contributed by atoms with Crippen molar-refractivity contribution < 1.29 is 13.6 Å². The first-order valence-corrected chi connectivity index (χ1v) is 7.69. The van der Waals surface area contributed by atoms with Gasteiger partial charge in [-0.25, -0.2) is 8.78 Å². The van der Waals surface area contributed by atoms with Gasteiger partial charge < -0.3 is 4.90 Å². The number of ketones is 1. The number of halogens is 2. The average Bonchev–Trinajstić information content (AvgIpc) is 3.11. The SMILES string of the molecule is CN(C)C=C(C(=O)c1ccc(F)c(F)c1)c1nnnn1-c1ccccc1. The Morgan fingerprint density at radius 2 is 1.81 bits per heavy atom. The molecule has 0 bridgehead atoms. The van der Waals surface area contributed by atoms with Crippen molar-refractivity contribution in [2.45, 2.75) is 0 Å². The maximum absolute atomic E-state index is 13.5. The van der Waals surface area contributed by atoms with Crippen LogP contribution in [0.4, 0.5) is 8.78 Å². The predicted octanol–water partition coefficient (Wildman–Crippen LogP) is 2.73. The fourth-order valence-electron chi connectivity index (χ4n) is 2.37. The molecule has 0 saturated carbocycles. The van der Waals surface area contributed by atoms with E-state index in [-0.39, 0.29) is 17.0 Å². The van der Waals surface area contributed by atoms with Gasteiger partial charge in [0.05, 0.1) is 11.3 Å².